The van der Waals surface area contributed by atoms with Crippen LogP contribution in [-0.2, 0) is 6.61 Å². The lowest BCUT2D eigenvalue weighted by molar-refractivity contribution is 0.282. The third-order valence-electron chi connectivity index (χ3n) is 6.62. The molecular formula is C32H23ClIN3O5. The monoisotopic (exact) mass is 691 g/mol. The van der Waals surface area contributed by atoms with Crippen LogP contribution in [0.4, 0.5) is 0 Å². The Hall–Kier alpha value is -4.35. The van der Waals surface area contributed by atoms with Gasteiger partial charge in [0, 0.05) is 10.6 Å². The second-order valence-corrected chi connectivity index (χ2v) is 10.8. The Bertz CT molecular complexity index is 2040. The fourth-order valence-electron chi connectivity index (χ4n) is 4.56. The lowest BCUT2D eigenvalue weighted by atomic mass is 10.2. The minimum atomic E-state index is -0.333. The minimum absolute atomic E-state index is 0.259. The number of hydrogen-bond acceptors (Lipinski definition) is 7. The van der Waals surface area contributed by atoms with Crippen molar-refractivity contribution in [1.82, 2.24) is 9.66 Å². The SMILES string of the molecule is COc1cc(C=Nn2c(-c3cc4c(OC)cccc4o3)nc3ccccc3c2=O)cc(I)c1OCc1ccccc1Cl. The summed E-state index contributed by atoms with van der Waals surface area (Å²) < 4.78 is 25.4. The highest BCUT2D eigenvalue weighted by Crippen LogP contribution is 2.35. The van der Waals surface area contributed by atoms with E-state index in [2.05, 4.69) is 27.7 Å². The largest absolute Gasteiger partial charge is 0.496 e. The van der Waals surface area contributed by atoms with Gasteiger partial charge in [-0.15, -0.1) is 0 Å². The number of aromatic nitrogens is 2. The van der Waals surface area contributed by atoms with Crippen molar-refractivity contribution in [3.8, 4) is 28.8 Å². The first kappa shape index (κ1) is 27.8. The summed E-state index contributed by atoms with van der Waals surface area (Å²) in [6.07, 6.45) is 1.58. The van der Waals surface area contributed by atoms with E-state index >= 15 is 0 Å². The van der Waals surface area contributed by atoms with Crippen molar-refractivity contribution >= 4 is 62.3 Å². The van der Waals surface area contributed by atoms with E-state index in [-0.39, 0.29) is 18.0 Å². The van der Waals surface area contributed by atoms with E-state index in [0.29, 0.717) is 50.1 Å². The summed E-state index contributed by atoms with van der Waals surface area (Å²) in [4.78, 5) is 18.4. The second-order valence-electron chi connectivity index (χ2n) is 9.21. The van der Waals surface area contributed by atoms with Crippen LogP contribution in [0.2, 0.25) is 5.02 Å². The molecular weight excluding hydrogens is 669 g/mol. The molecule has 0 spiro atoms. The first-order valence-electron chi connectivity index (χ1n) is 12.8. The lowest BCUT2D eigenvalue weighted by Crippen LogP contribution is -2.20. The molecule has 0 amide bonds. The number of ether oxygens (including phenoxy) is 3. The standard InChI is InChI=1S/C32H23ClIN3O5/c1-39-26-12-7-13-27-22(26)16-29(42-27)31-36-25-11-6-4-9-21(25)32(38)37(31)35-17-19-14-24(34)30(28(15-19)40-2)41-18-20-8-3-5-10-23(20)33/h3-17H,18H2,1-2H3. The highest BCUT2D eigenvalue weighted by molar-refractivity contribution is 14.1. The van der Waals surface area contributed by atoms with Crippen molar-refractivity contribution in [2.75, 3.05) is 14.2 Å². The van der Waals surface area contributed by atoms with Gasteiger partial charge in [0.1, 0.15) is 17.9 Å². The quantitative estimate of drug-likeness (QED) is 0.121. The third kappa shape index (κ3) is 5.33. The van der Waals surface area contributed by atoms with Crippen molar-refractivity contribution in [3.05, 3.63) is 115 Å². The molecule has 0 unspecified atom stereocenters. The van der Waals surface area contributed by atoms with Gasteiger partial charge in [0.2, 0.25) is 5.82 Å². The third-order valence-corrected chi connectivity index (χ3v) is 7.79. The van der Waals surface area contributed by atoms with Crippen LogP contribution in [0, 0.1) is 3.57 Å². The number of fused-ring (bicyclic) bond motifs is 2. The molecule has 0 bridgehead atoms. The molecule has 0 atom stereocenters. The zero-order chi connectivity index (χ0) is 29.2. The van der Waals surface area contributed by atoms with Gasteiger partial charge in [-0.05, 0) is 76.7 Å². The Kier molecular flexibility index (Phi) is 7.86. The predicted molar refractivity (Wildman–Crippen MR) is 172 cm³/mol. The topological polar surface area (TPSA) is 88.1 Å². The normalized spacial score (nSPS) is 11.4. The van der Waals surface area contributed by atoms with Gasteiger partial charge in [0.05, 0.1) is 40.3 Å². The molecule has 42 heavy (non-hydrogen) atoms. The van der Waals surface area contributed by atoms with Crippen LogP contribution in [0.1, 0.15) is 11.1 Å². The zero-order valence-electron chi connectivity index (χ0n) is 22.5. The number of rotatable bonds is 8. The molecule has 0 saturated heterocycles. The van der Waals surface area contributed by atoms with Crippen LogP contribution in [0.15, 0.2) is 99.2 Å². The maximum atomic E-state index is 13.7. The van der Waals surface area contributed by atoms with Crippen LogP contribution in [0.5, 0.6) is 17.2 Å². The maximum Gasteiger partial charge on any atom is 0.282 e. The maximum absolute atomic E-state index is 13.7. The summed E-state index contributed by atoms with van der Waals surface area (Å²) in [6.45, 7) is 0.281. The summed E-state index contributed by atoms with van der Waals surface area (Å²) in [7, 11) is 3.17. The van der Waals surface area contributed by atoms with E-state index in [1.54, 1.807) is 50.8 Å². The van der Waals surface area contributed by atoms with E-state index in [0.717, 1.165) is 14.5 Å². The van der Waals surface area contributed by atoms with Gasteiger partial charge in [-0.2, -0.15) is 9.78 Å². The van der Waals surface area contributed by atoms with Crippen LogP contribution in [-0.4, -0.2) is 30.1 Å². The van der Waals surface area contributed by atoms with Crippen molar-refractivity contribution in [2.45, 2.75) is 6.61 Å². The molecule has 0 N–H and O–H groups in total. The molecule has 0 fully saturated rings. The molecule has 10 heteroatoms. The first-order valence-corrected chi connectivity index (χ1v) is 14.3. The van der Waals surface area contributed by atoms with E-state index in [9.17, 15) is 4.79 Å². The molecule has 8 nitrogen and oxygen atoms in total. The first-order chi connectivity index (χ1) is 20.5. The predicted octanol–water partition coefficient (Wildman–Crippen LogP) is 7.55. The molecule has 2 aromatic heterocycles. The number of para-hydroxylation sites is 1. The van der Waals surface area contributed by atoms with E-state index in [4.69, 9.17) is 35.2 Å². The lowest BCUT2D eigenvalue weighted by Gasteiger charge is -2.14. The van der Waals surface area contributed by atoms with Crippen LogP contribution in [0.3, 0.4) is 0 Å². The summed E-state index contributed by atoms with van der Waals surface area (Å²) in [5.41, 5.74) is 2.36. The number of benzene rings is 4. The van der Waals surface area contributed by atoms with Crippen LogP contribution < -0.4 is 19.8 Å². The number of methoxy groups -OCH3 is 2. The van der Waals surface area contributed by atoms with Crippen LogP contribution >= 0.6 is 34.2 Å². The van der Waals surface area contributed by atoms with E-state index in [1.807, 2.05) is 54.6 Å². The van der Waals surface area contributed by atoms with Gasteiger partial charge < -0.3 is 18.6 Å². The fourth-order valence-corrected chi connectivity index (χ4v) is 5.53. The van der Waals surface area contributed by atoms with Crippen molar-refractivity contribution in [1.29, 1.82) is 0 Å². The second kappa shape index (κ2) is 11.9. The van der Waals surface area contributed by atoms with Gasteiger partial charge in [-0.1, -0.05) is 48.0 Å². The van der Waals surface area contributed by atoms with Gasteiger partial charge >= 0.3 is 0 Å². The molecule has 6 rings (SSSR count). The molecule has 210 valence electrons. The average molecular weight is 692 g/mol. The zero-order valence-corrected chi connectivity index (χ0v) is 25.4. The number of halogens is 2. The Balaban J connectivity index is 1.41. The van der Waals surface area contributed by atoms with Crippen molar-refractivity contribution in [3.63, 3.8) is 0 Å². The summed E-state index contributed by atoms with van der Waals surface area (Å²) in [6, 6.07) is 25.6. The van der Waals surface area contributed by atoms with Gasteiger partial charge in [-0.3, -0.25) is 4.79 Å². The molecule has 0 aliphatic heterocycles. The van der Waals surface area contributed by atoms with Crippen molar-refractivity contribution < 1.29 is 18.6 Å². The Labute approximate surface area is 259 Å². The fraction of sp³-hybridized carbons (Fsp3) is 0.0938. The van der Waals surface area contributed by atoms with E-state index < -0.39 is 0 Å². The average Bonchev–Trinajstić information content (AvgIpc) is 3.45. The number of furan rings is 1. The molecule has 0 aliphatic carbocycles. The highest BCUT2D eigenvalue weighted by Gasteiger charge is 2.18. The molecule has 6 aromatic rings. The van der Waals surface area contributed by atoms with Crippen LogP contribution in [0.25, 0.3) is 33.5 Å². The van der Waals surface area contributed by atoms with Gasteiger partial charge in [-0.25, -0.2) is 4.98 Å². The smallest absolute Gasteiger partial charge is 0.282 e. The molecule has 4 aromatic carbocycles. The molecule has 0 saturated carbocycles. The summed E-state index contributed by atoms with van der Waals surface area (Å²) in [5, 5.41) is 6.40. The summed E-state index contributed by atoms with van der Waals surface area (Å²) in [5.74, 6) is 2.39. The molecule has 0 radical (unpaired) electrons. The van der Waals surface area contributed by atoms with Gasteiger partial charge in [0.25, 0.3) is 5.56 Å². The van der Waals surface area contributed by atoms with Crippen molar-refractivity contribution in [2.24, 2.45) is 5.10 Å². The Morgan fingerprint density at radius 2 is 1.74 bits per heavy atom. The minimum Gasteiger partial charge on any atom is -0.496 e. The Morgan fingerprint density at radius 3 is 2.55 bits per heavy atom. The number of hydrogen-bond donors (Lipinski definition) is 0. The molecule has 0 aliphatic rings. The van der Waals surface area contributed by atoms with E-state index in [1.165, 1.54) is 4.68 Å². The summed E-state index contributed by atoms with van der Waals surface area (Å²) >= 11 is 8.48. The van der Waals surface area contributed by atoms with Gasteiger partial charge in [0.15, 0.2) is 17.3 Å². The Morgan fingerprint density at radius 1 is 0.952 bits per heavy atom. The number of nitrogens with zero attached hydrogens (tertiary/aromatic N) is 3. The highest BCUT2D eigenvalue weighted by atomic mass is 127. The molecule has 2 heterocycles.